The Morgan fingerprint density at radius 2 is 2.50 bits per heavy atom. The van der Waals surface area contributed by atoms with E-state index in [2.05, 4.69) is 22.4 Å². The minimum absolute atomic E-state index is 0.457. The van der Waals surface area contributed by atoms with Gasteiger partial charge in [0, 0.05) is 18.9 Å². The quantitative estimate of drug-likeness (QED) is 0.794. The highest BCUT2D eigenvalue weighted by molar-refractivity contribution is 4.98. The van der Waals surface area contributed by atoms with Gasteiger partial charge < -0.3 is 9.84 Å². The maximum atomic E-state index is 5.17. The lowest BCUT2D eigenvalue weighted by molar-refractivity contribution is 0.360. The summed E-state index contributed by atoms with van der Waals surface area (Å²) in [6.45, 7) is 4.23. The largest absolute Gasteiger partial charge is 0.339 e. The van der Waals surface area contributed by atoms with E-state index in [1.807, 2.05) is 0 Å². The Kier molecular flexibility index (Phi) is 3.14. The summed E-state index contributed by atoms with van der Waals surface area (Å²) in [7, 11) is 0. The van der Waals surface area contributed by atoms with Gasteiger partial charge >= 0.3 is 0 Å². The van der Waals surface area contributed by atoms with Crippen LogP contribution in [0.3, 0.4) is 0 Å². The molecule has 1 unspecified atom stereocenters. The summed E-state index contributed by atoms with van der Waals surface area (Å²) in [4.78, 5) is 4.41. The van der Waals surface area contributed by atoms with Gasteiger partial charge in [0.1, 0.15) is 0 Å². The van der Waals surface area contributed by atoms with Gasteiger partial charge in [-0.25, -0.2) is 0 Å². The number of piperidine rings is 1. The number of hydrogen-bond donors (Lipinski definition) is 1. The van der Waals surface area contributed by atoms with Crippen LogP contribution in [0.25, 0.3) is 0 Å². The number of aryl methyl sites for hydroxylation is 1. The zero-order valence-electron chi connectivity index (χ0n) is 8.62. The second kappa shape index (κ2) is 4.55. The fourth-order valence-corrected chi connectivity index (χ4v) is 1.82. The molecule has 4 heteroatoms. The van der Waals surface area contributed by atoms with Crippen LogP contribution in [-0.4, -0.2) is 23.2 Å². The molecule has 1 N–H and O–H groups in total. The number of nitrogens with one attached hydrogen (secondary N) is 1. The van der Waals surface area contributed by atoms with Crippen molar-refractivity contribution >= 4 is 0 Å². The van der Waals surface area contributed by atoms with Gasteiger partial charge in [-0.3, -0.25) is 0 Å². The van der Waals surface area contributed by atoms with Crippen LogP contribution in [-0.2, 0) is 6.42 Å². The van der Waals surface area contributed by atoms with E-state index < -0.39 is 0 Å². The molecule has 78 valence electrons. The summed E-state index contributed by atoms with van der Waals surface area (Å²) in [6.07, 6.45) is 4.35. The molecule has 2 rings (SSSR count). The van der Waals surface area contributed by atoms with Crippen molar-refractivity contribution < 1.29 is 4.52 Å². The van der Waals surface area contributed by atoms with Gasteiger partial charge in [-0.2, -0.15) is 4.98 Å². The molecule has 0 saturated carbocycles. The number of hydrogen-bond acceptors (Lipinski definition) is 4. The van der Waals surface area contributed by atoms with Gasteiger partial charge in [0.05, 0.1) is 0 Å². The lowest BCUT2D eigenvalue weighted by atomic mass is 9.99. The van der Waals surface area contributed by atoms with Crippen molar-refractivity contribution in [1.82, 2.24) is 15.5 Å². The molecule has 1 fully saturated rings. The van der Waals surface area contributed by atoms with E-state index in [9.17, 15) is 0 Å². The molecule has 0 spiro atoms. The van der Waals surface area contributed by atoms with Crippen LogP contribution >= 0.6 is 0 Å². The number of nitrogens with zero attached hydrogens (tertiary/aromatic N) is 2. The van der Waals surface area contributed by atoms with E-state index in [0.717, 1.165) is 37.6 Å². The molecule has 1 aromatic heterocycles. The van der Waals surface area contributed by atoms with Crippen LogP contribution in [0.5, 0.6) is 0 Å². The Labute approximate surface area is 84.1 Å². The van der Waals surface area contributed by atoms with E-state index >= 15 is 0 Å². The molecule has 0 aliphatic carbocycles. The van der Waals surface area contributed by atoms with Crippen molar-refractivity contribution in [3.05, 3.63) is 11.7 Å². The monoisotopic (exact) mass is 195 g/mol. The Bertz CT molecular complexity index is 279. The maximum absolute atomic E-state index is 5.17. The van der Waals surface area contributed by atoms with E-state index in [4.69, 9.17) is 4.52 Å². The molecular weight excluding hydrogens is 178 g/mol. The third-order valence-corrected chi connectivity index (χ3v) is 2.61. The van der Waals surface area contributed by atoms with Crippen molar-refractivity contribution in [2.75, 3.05) is 13.1 Å². The second-order valence-corrected chi connectivity index (χ2v) is 3.84. The molecule has 2 heterocycles. The highest BCUT2D eigenvalue weighted by Crippen LogP contribution is 2.20. The third-order valence-electron chi connectivity index (χ3n) is 2.61. The highest BCUT2D eigenvalue weighted by atomic mass is 16.5. The molecule has 14 heavy (non-hydrogen) atoms. The van der Waals surface area contributed by atoms with Crippen LogP contribution in [0.2, 0.25) is 0 Å². The van der Waals surface area contributed by atoms with Crippen molar-refractivity contribution in [3.63, 3.8) is 0 Å². The Morgan fingerprint density at radius 3 is 3.21 bits per heavy atom. The van der Waals surface area contributed by atoms with Gasteiger partial charge in [0.15, 0.2) is 5.82 Å². The first-order valence-electron chi connectivity index (χ1n) is 5.43. The SMILES string of the molecule is CCCc1nc(C2CCCNC2)no1. The fraction of sp³-hybridized carbons (Fsp3) is 0.800. The van der Waals surface area contributed by atoms with Crippen LogP contribution < -0.4 is 5.32 Å². The van der Waals surface area contributed by atoms with Crippen LogP contribution in [0.15, 0.2) is 4.52 Å². The number of aromatic nitrogens is 2. The molecule has 0 amide bonds. The first kappa shape index (κ1) is 9.65. The average molecular weight is 195 g/mol. The molecule has 4 nitrogen and oxygen atoms in total. The average Bonchev–Trinajstić information content (AvgIpc) is 2.68. The smallest absolute Gasteiger partial charge is 0.226 e. The summed E-state index contributed by atoms with van der Waals surface area (Å²) < 4.78 is 5.17. The normalized spacial score (nSPS) is 22.5. The van der Waals surface area contributed by atoms with Crippen molar-refractivity contribution in [3.8, 4) is 0 Å². The molecule has 1 aromatic rings. The molecular formula is C10H17N3O. The molecule has 0 radical (unpaired) electrons. The minimum Gasteiger partial charge on any atom is -0.339 e. The lowest BCUT2D eigenvalue weighted by Gasteiger charge is -2.19. The second-order valence-electron chi connectivity index (χ2n) is 3.84. The van der Waals surface area contributed by atoms with Gasteiger partial charge in [-0.1, -0.05) is 12.1 Å². The fourth-order valence-electron chi connectivity index (χ4n) is 1.82. The summed E-state index contributed by atoms with van der Waals surface area (Å²) in [5, 5.41) is 7.39. The summed E-state index contributed by atoms with van der Waals surface area (Å²) >= 11 is 0. The molecule has 1 aliphatic heterocycles. The standard InChI is InChI=1S/C10H17N3O/c1-2-4-9-12-10(13-14-9)8-5-3-6-11-7-8/h8,11H,2-7H2,1H3. The summed E-state index contributed by atoms with van der Waals surface area (Å²) in [5.41, 5.74) is 0. The summed E-state index contributed by atoms with van der Waals surface area (Å²) in [5.74, 6) is 2.13. The first-order chi connectivity index (χ1) is 6.90. The molecule has 1 atom stereocenters. The zero-order valence-corrected chi connectivity index (χ0v) is 8.62. The Hall–Kier alpha value is -0.900. The van der Waals surface area contributed by atoms with Gasteiger partial charge in [-0.15, -0.1) is 0 Å². The maximum Gasteiger partial charge on any atom is 0.226 e. The van der Waals surface area contributed by atoms with Gasteiger partial charge in [-0.05, 0) is 25.8 Å². The van der Waals surface area contributed by atoms with Crippen LogP contribution in [0.1, 0.15) is 43.8 Å². The highest BCUT2D eigenvalue weighted by Gasteiger charge is 2.20. The first-order valence-corrected chi connectivity index (χ1v) is 5.43. The van der Waals surface area contributed by atoms with E-state index in [1.165, 1.54) is 12.8 Å². The Balaban J connectivity index is 2.00. The van der Waals surface area contributed by atoms with Crippen molar-refractivity contribution in [2.24, 2.45) is 0 Å². The Morgan fingerprint density at radius 1 is 1.57 bits per heavy atom. The molecule has 0 aromatic carbocycles. The van der Waals surface area contributed by atoms with Gasteiger partial charge in [0.2, 0.25) is 5.89 Å². The van der Waals surface area contributed by atoms with Crippen molar-refractivity contribution in [1.29, 1.82) is 0 Å². The number of rotatable bonds is 3. The minimum atomic E-state index is 0.457. The third kappa shape index (κ3) is 2.12. The van der Waals surface area contributed by atoms with Gasteiger partial charge in [0.25, 0.3) is 0 Å². The lowest BCUT2D eigenvalue weighted by Crippen LogP contribution is -2.28. The topological polar surface area (TPSA) is 51.0 Å². The molecule has 1 saturated heterocycles. The predicted octanol–water partition coefficient (Wildman–Crippen LogP) is 1.49. The summed E-state index contributed by atoms with van der Waals surface area (Å²) in [6, 6.07) is 0. The van der Waals surface area contributed by atoms with Crippen LogP contribution in [0.4, 0.5) is 0 Å². The molecule has 0 bridgehead atoms. The predicted molar refractivity (Wildman–Crippen MR) is 53.1 cm³/mol. The van der Waals surface area contributed by atoms with Crippen molar-refractivity contribution in [2.45, 2.75) is 38.5 Å². The molecule has 1 aliphatic rings. The zero-order chi connectivity index (χ0) is 9.80. The van der Waals surface area contributed by atoms with E-state index in [0.29, 0.717) is 5.92 Å². The van der Waals surface area contributed by atoms with E-state index in [-0.39, 0.29) is 0 Å². The van der Waals surface area contributed by atoms with E-state index in [1.54, 1.807) is 0 Å². The van der Waals surface area contributed by atoms with Crippen LogP contribution in [0, 0.1) is 0 Å².